The van der Waals surface area contributed by atoms with Crippen LogP contribution in [-0.2, 0) is 0 Å². The molecule has 0 N–H and O–H groups in total. The molecule has 0 unspecified atom stereocenters. The van der Waals surface area contributed by atoms with Crippen LogP contribution in [0.15, 0.2) is 43.0 Å². The molecule has 0 saturated carbocycles. The third-order valence-corrected chi connectivity index (χ3v) is 2.74. The molecule has 4 heteroatoms. The minimum absolute atomic E-state index is 0.0460. The van der Waals surface area contributed by atoms with Crippen LogP contribution < -0.4 is 0 Å². The zero-order valence-electron chi connectivity index (χ0n) is 10.00. The van der Waals surface area contributed by atoms with Crippen molar-refractivity contribution in [1.82, 2.24) is 14.5 Å². The highest BCUT2D eigenvalue weighted by Gasteiger charge is 2.09. The first-order chi connectivity index (χ1) is 8.22. The highest BCUT2D eigenvalue weighted by atomic mass is 16.2. The maximum Gasteiger partial charge on any atom is 0.253 e. The standard InChI is InChI=1S/C13H15N3O/c1-3-15(2)13(17)11-4-6-12(7-5-11)16-9-8-14-10-16/h4-10H,3H2,1-2H3. The van der Waals surface area contributed by atoms with Crippen LogP contribution in [0.1, 0.15) is 17.3 Å². The molecule has 4 nitrogen and oxygen atoms in total. The molecule has 17 heavy (non-hydrogen) atoms. The Morgan fingerprint density at radius 1 is 1.35 bits per heavy atom. The molecule has 0 spiro atoms. The summed E-state index contributed by atoms with van der Waals surface area (Å²) in [7, 11) is 1.80. The second-order valence-electron chi connectivity index (χ2n) is 3.84. The van der Waals surface area contributed by atoms with Crippen molar-refractivity contribution in [3.8, 4) is 5.69 Å². The van der Waals surface area contributed by atoms with E-state index >= 15 is 0 Å². The first kappa shape index (κ1) is 11.4. The summed E-state index contributed by atoms with van der Waals surface area (Å²) >= 11 is 0. The Balaban J connectivity index is 2.22. The number of carbonyl (C=O) groups excluding carboxylic acids is 1. The summed E-state index contributed by atoms with van der Waals surface area (Å²) in [5.41, 5.74) is 1.71. The van der Waals surface area contributed by atoms with Crippen molar-refractivity contribution in [3.63, 3.8) is 0 Å². The largest absolute Gasteiger partial charge is 0.342 e. The Bertz CT molecular complexity index is 488. The maximum absolute atomic E-state index is 11.9. The molecule has 0 aliphatic rings. The van der Waals surface area contributed by atoms with E-state index in [9.17, 15) is 4.79 Å². The zero-order chi connectivity index (χ0) is 12.3. The van der Waals surface area contributed by atoms with Gasteiger partial charge in [-0.2, -0.15) is 0 Å². The normalized spacial score (nSPS) is 10.2. The van der Waals surface area contributed by atoms with E-state index in [2.05, 4.69) is 4.98 Å². The van der Waals surface area contributed by atoms with Crippen LogP contribution in [0.3, 0.4) is 0 Å². The fourth-order valence-electron chi connectivity index (χ4n) is 1.55. The van der Waals surface area contributed by atoms with Crippen LogP contribution in [0.4, 0.5) is 0 Å². The monoisotopic (exact) mass is 229 g/mol. The van der Waals surface area contributed by atoms with Gasteiger partial charge in [-0.15, -0.1) is 0 Å². The van der Waals surface area contributed by atoms with Crippen molar-refractivity contribution in [2.75, 3.05) is 13.6 Å². The number of aromatic nitrogens is 2. The van der Waals surface area contributed by atoms with Gasteiger partial charge in [0.2, 0.25) is 0 Å². The van der Waals surface area contributed by atoms with Crippen molar-refractivity contribution < 1.29 is 4.79 Å². The van der Waals surface area contributed by atoms with Crippen molar-refractivity contribution in [2.24, 2.45) is 0 Å². The lowest BCUT2D eigenvalue weighted by Gasteiger charge is -2.14. The molecule has 0 saturated heterocycles. The van der Waals surface area contributed by atoms with Gasteiger partial charge in [0.25, 0.3) is 5.91 Å². The van der Waals surface area contributed by atoms with Gasteiger partial charge in [0.15, 0.2) is 0 Å². The summed E-state index contributed by atoms with van der Waals surface area (Å²) in [6.45, 7) is 2.67. The van der Waals surface area contributed by atoms with Crippen LogP contribution in [0.5, 0.6) is 0 Å². The van der Waals surface area contributed by atoms with Crippen LogP contribution in [0.2, 0.25) is 0 Å². The average Bonchev–Trinajstić information content (AvgIpc) is 2.91. The van der Waals surface area contributed by atoms with Gasteiger partial charge in [0, 0.05) is 37.2 Å². The highest BCUT2D eigenvalue weighted by molar-refractivity contribution is 5.94. The smallest absolute Gasteiger partial charge is 0.253 e. The van der Waals surface area contributed by atoms with E-state index in [-0.39, 0.29) is 5.91 Å². The molecular formula is C13H15N3O. The molecule has 0 fully saturated rings. The second kappa shape index (κ2) is 4.82. The van der Waals surface area contributed by atoms with E-state index in [1.807, 2.05) is 42.0 Å². The third-order valence-electron chi connectivity index (χ3n) is 2.74. The first-order valence-electron chi connectivity index (χ1n) is 5.56. The van der Waals surface area contributed by atoms with Crippen molar-refractivity contribution in [3.05, 3.63) is 48.5 Å². The second-order valence-corrected chi connectivity index (χ2v) is 3.84. The molecule has 0 atom stereocenters. The van der Waals surface area contributed by atoms with E-state index in [0.29, 0.717) is 12.1 Å². The van der Waals surface area contributed by atoms with Gasteiger partial charge in [-0.25, -0.2) is 4.98 Å². The Morgan fingerprint density at radius 2 is 2.06 bits per heavy atom. The lowest BCUT2D eigenvalue weighted by Crippen LogP contribution is -2.26. The molecule has 0 aliphatic carbocycles. The quantitative estimate of drug-likeness (QED) is 0.807. The van der Waals surface area contributed by atoms with E-state index < -0.39 is 0 Å². The number of amides is 1. The third kappa shape index (κ3) is 2.36. The highest BCUT2D eigenvalue weighted by Crippen LogP contribution is 2.10. The molecule has 2 aromatic rings. The zero-order valence-corrected chi connectivity index (χ0v) is 10.00. The summed E-state index contributed by atoms with van der Waals surface area (Å²) in [6, 6.07) is 7.50. The fraction of sp³-hybridized carbons (Fsp3) is 0.231. The molecule has 1 amide bonds. The number of imidazole rings is 1. The Labute approximate surface area is 101 Å². The maximum atomic E-state index is 11.9. The fourth-order valence-corrected chi connectivity index (χ4v) is 1.55. The number of nitrogens with zero attached hydrogens (tertiary/aromatic N) is 3. The lowest BCUT2D eigenvalue weighted by molar-refractivity contribution is 0.0802. The topological polar surface area (TPSA) is 38.1 Å². The van der Waals surface area contributed by atoms with Crippen LogP contribution in [-0.4, -0.2) is 34.0 Å². The van der Waals surface area contributed by atoms with E-state index in [1.165, 1.54) is 0 Å². The van der Waals surface area contributed by atoms with Gasteiger partial charge < -0.3 is 9.47 Å². The molecule has 1 heterocycles. The van der Waals surface area contributed by atoms with Gasteiger partial charge in [0.1, 0.15) is 0 Å². The average molecular weight is 229 g/mol. The molecule has 1 aromatic heterocycles. The van der Waals surface area contributed by atoms with Gasteiger partial charge in [-0.05, 0) is 31.2 Å². The molecule has 0 aliphatic heterocycles. The SMILES string of the molecule is CCN(C)C(=O)c1ccc(-n2ccnc2)cc1. The van der Waals surface area contributed by atoms with Gasteiger partial charge in [-0.1, -0.05) is 0 Å². The van der Waals surface area contributed by atoms with Crippen molar-refractivity contribution in [2.45, 2.75) is 6.92 Å². The summed E-state index contributed by atoms with van der Waals surface area (Å²) in [4.78, 5) is 17.6. The van der Waals surface area contributed by atoms with Gasteiger partial charge in [-0.3, -0.25) is 4.79 Å². The summed E-state index contributed by atoms with van der Waals surface area (Å²) < 4.78 is 1.90. The van der Waals surface area contributed by atoms with Gasteiger partial charge >= 0.3 is 0 Å². The summed E-state index contributed by atoms with van der Waals surface area (Å²) in [6.07, 6.45) is 5.33. The van der Waals surface area contributed by atoms with Crippen LogP contribution >= 0.6 is 0 Å². The summed E-state index contributed by atoms with van der Waals surface area (Å²) in [5, 5.41) is 0. The Morgan fingerprint density at radius 3 is 2.59 bits per heavy atom. The molecule has 1 aromatic carbocycles. The van der Waals surface area contributed by atoms with E-state index in [4.69, 9.17) is 0 Å². The van der Waals surface area contributed by atoms with Gasteiger partial charge in [0.05, 0.1) is 6.33 Å². The Kier molecular flexibility index (Phi) is 3.23. The van der Waals surface area contributed by atoms with E-state index in [0.717, 1.165) is 5.69 Å². The van der Waals surface area contributed by atoms with Crippen LogP contribution in [0, 0.1) is 0 Å². The summed E-state index contributed by atoms with van der Waals surface area (Å²) in [5.74, 6) is 0.0460. The molecule has 2 rings (SSSR count). The number of hydrogen-bond acceptors (Lipinski definition) is 2. The van der Waals surface area contributed by atoms with Crippen LogP contribution in [0.25, 0.3) is 5.69 Å². The minimum atomic E-state index is 0.0460. The molecular weight excluding hydrogens is 214 g/mol. The van der Waals surface area contributed by atoms with Crippen molar-refractivity contribution in [1.29, 1.82) is 0 Å². The number of carbonyl (C=O) groups is 1. The van der Waals surface area contributed by atoms with E-state index in [1.54, 1.807) is 24.5 Å². The number of rotatable bonds is 3. The number of hydrogen-bond donors (Lipinski definition) is 0. The first-order valence-corrected chi connectivity index (χ1v) is 5.56. The number of benzene rings is 1. The predicted molar refractivity (Wildman–Crippen MR) is 66.2 cm³/mol. The molecule has 0 radical (unpaired) electrons. The predicted octanol–water partition coefficient (Wildman–Crippen LogP) is 1.96. The minimum Gasteiger partial charge on any atom is -0.342 e. The molecule has 88 valence electrons. The lowest BCUT2D eigenvalue weighted by atomic mass is 10.2. The molecule has 0 bridgehead atoms. The Hall–Kier alpha value is -2.10. The van der Waals surface area contributed by atoms with Crippen molar-refractivity contribution >= 4 is 5.91 Å².